The van der Waals surface area contributed by atoms with Crippen LogP contribution < -0.4 is 5.32 Å². The second-order valence-corrected chi connectivity index (χ2v) is 4.67. The molecule has 6 heteroatoms. The van der Waals surface area contributed by atoms with Crippen molar-refractivity contribution in [1.29, 1.82) is 0 Å². The third-order valence-electron chi connectivity index (χ3n) is 3.32. The molecule has 0 amide bonds. The molecule has 1 aliphatic heterocycles. The summed E-state index contributed by atoms with van der Waals surface area (Å²) < 4.78 is 1.81. The van der Waals surface area contributed by atoms with Crippen molar-refractivity contribution in [2.45, 2.75) is 6.54 Å². The molecule has 1 saturated heterocycles. The van der Waals surface area contributed by atoms with Crippen molar-refractivity contribution in [2.24, 2.45) is 7.05 Å². The number of aromatic nitrogens is 3. The van der Waals surface area contributed by atoms with E-state index >= 15 is 0 Å². The van der Waals surface area contributed by atoms with Gasteiger partial charge in [-0.15, -0.1) is 5.10 Å². The first-order chi connectivity index (χ1) is 8.25. The summed E-state index contributed by atoms with van der Waals surface area (Å²) >= 11 is 0. The highest BCUT2D eigenvalue weighted by molar-refractivity contribution is 4.92. The molecule has 0 aliphatic carbocycles. The molecule has 6 nitrogen and oxygen atoms in total. The van der Waals surface area contributed by atoms with Crippen LogP contribution in [0.15, 0.2) is 6.20 Å². The fourth-order valence-corrected chi connectivity index (χ4v) is 2.00. The molecular formula is C11H22N6. The lowest BCUT2D eigenvalue weighted by Gasteiger charge is -2.32. The number of hydrogen-bond donors (Lipinski definition) is 1. The smallest absolute Gasteiger partial charge is 0.0738 e. The Labute approximate surface area is 103 Å². The first kappa shape index (κ1) is 12.5. The maximum Gasteiger partial charge on any atom is 0.0738 e. The highest BCUT2D eigenvalue weighted by Gasteiger charge is 2.12. The molecule has 0 atom stereocenters. The second-order valence-electron chi connectivity index (χ2n) is 4.67. The minimum absolute atomic E-state index is 0.844. The Hall–Kier alpha value is -0.980. The molecule has 0 unspecified atom stereocenters. The van der Waals surface area contributed by atoms with Gasteiger partial charge in [0.2, 0.25) is 0 Å². The quantitative estimate of drug-likeness (QED) is 0.677. The van der Waals surface area contributed by atoms with Crippen LogP contribution in [0, 0.1) is 0 Å². The normalized spacial score (nSPS) is 18.7. The predicted octanol–water partition coefficient (Wildman–Crippen LogP) is -0.848. The zero-order valence-electron chi connectivity index (χ0n) is 10.8. The van der Waals surface area contributed by atoms with Crippen molar-refractivity contribution >= 4 is 0 Å². The third-order valence-corrected chi connectivity index (χ3v) is 3.32. The molecule has 0 spiro atoms. The molecule has 0 bridgehead atoms. The van der Waals surface area contributed by atoms with E-state index in [2.05, 4.69) is 32.5 Å². The summed E-state index contributed by atoms with van der Waals surface area (Å²) in [5.41, 5.74) is 1.13. The van der Waals surface area contributed by atoms with Crippen LogP contribution in [0.4, 0.5) is 0 Å². The monoisotopic (exact) mass is 238 g/mol. The van der Waals surface area contributed by atoms with Crippen LogP contribution in [-0.4, -0.2) is 71.1 Å². The summed E-state index contributed by atoms with van der Waals surface area (Å²) in [7, 11) is 4.11. The molecule has 1 aromatic rings. The van der Waals surface area contributed by atoms with Gasteiger partial charge < -0.3 is 10.2 Å². The van der Waals surface area contributed by atoms with Gasteiger partial charge in [-0.2, -0.15) is 0 Å². The summed E-state index contributed by atoms with van der Waals surface area (Å²) in [5.74, 6) is 0. The molecule has 1 fully saturated rings. The Bertz CT molecular complexity index is 328. The van der Waals surface area contributed by atoms with Gasteiger partial charge in [-0.1, -0.05) is 5.21 Å². The van der Waals surface area contributed by atoms with Gasteiger partial charge in [0, 0.05) is 52.9 Å². The van der Waals surface area contributed by atoms with E-state index in [1.54, 1.807) is 0 Å². The fraction of sp³-hybridized carbons (Fsp3) is 0.818. The molecule has 2 heterocycles. The summed E-state index contributed by atoms with van der Waals surface area (Å²) in [6, 6.07) is 0. The van der Waals surface area contributed by atoms with E-state index in [1.165, 1.54) is 26.2 Å². The van der Waals surface area contributed by atoms with Crippen molar-refractivity contribution in [3.05, 3.63) is 11.9 Å². The molecule has 0 radical (unpaired) electrons. The first-order valence-electron chi connectivity index (χ1n) is 6.21. The summed E-state index contributed by atoms with van der Waals surface area (Å²) in [5, 5.41) is 11.2. The lowest BCUT2D eigenvalue weighted by Crippen LogP contribution is -2.46. The van der Waals surface area contributed by atoms with Gasteiger partial charge in [-0.25, -0.2) is 0 Å². The number of likely N-dealkylation sites (N-methyl/N-ethyl adjacent to an activating group) is 1. The van der Waals surface area contributed by atoms with Crippen LogP contribution in [0.5, 0.6) is 0 Å². The topological polar surface area (TPSA) is 49.2 Å². The fourth-order valence-electron chi connectivity index (χ4n) is 2.00. The molecule has 1 N–H and O–H groups in total. The standard InChI is InChI=1S/C11H22N6/c1-15-5-7-17(8-6-15)4-3-12-9-11-10-13-14-16(11)2/h10,12H,3-9H2,1-2H3. The van der Waals surface area contributed by atoms with E-state index < -0.39 is 0 Å². The third kappa shape index (κ3) is 3.76. The first-order valence-corrected chi connectivity index (χ1v) is 6.21. The van der Waals surface area contributed by atoms with E-state index in [1.807, 2.05) is 17.9 Å². The number of hydrogen-bond acceptors (Lipinski definition) is 5. The summed E-state index contributed by atoms with van der Waals surface area (Å²) in [4.78, 5) is 4.89. The molecule has 1 aromatic heterocycles. The summed E-state index contributed by atoms with van der Waals surface area (Å²) in [6.45, 7) is 7.74. The maximum absolute atomic E-state index is 3.90. The largest absolute Gasteiger partial charge is 0.310 e. The Morgan fingerprint density at radius 1 is 1.24 bits per heavy atom. The van der Waals surface area contributed by atoms with Gasteiger partial charge in [-0.05, 0) is 7.05 Å². The Morgan fingerprint density at radius 3 is 2.65 bits per heavy atom. The number of nitrogens with one attached hydrogen (secondary N) is 1. The molecule has 0 aromatic carbocycles. The minimum Gasteiger partial charge on any atom is -0.310 e. The molecule has 96 valence electrons. The van der Waals surface area contributed by atoms with Gasteiger partial charge in [0.25, 0.3) is 0 Å². The number of piperazine rings is 1. The molecule has 2 rings (SSSR count). The SMILES string of the molecule is CN1CCN(CCNCc2cnnn2C)CC1. The minimum atomic E-state index is 0.844. The van der Waals surface area contributed by atoms with Gasteiger partial charge in [0.1, 0.15) is 0 Å². The van der Waals surface area contributed by atoms with Crippen LogP contribution in [0.1, 0.15) is 5.69 Å². The van der Waals surface area contributed by atoms with Crippen LogP contribution in [0.3, 0.4) is 0 Å². The van der Waals surface area contributed by atoms with Gasteiger partial charge in [-0.3, -0.25) is 9.58 Å². The highest BCUT2D eigenvalue weighted by Crippen LogP contribution is 1.98. The average Bonchev–Trinajstić information content (AvgIpc) is 2.73. The predicted molar refractivity (Wildman–Crippen MR) is 66.6 cm³/mol. The van der Waals surface area contributed by atoms with Crippen LogP contribution in [0.2, 0.25) is 0 Å². The van der Waals surface area contributed by atoms with E-state index in [4.69, 9.17) is 0 Å². The van der Waals surface area contributed by atoms with Crippen LogP contribution in [0.25, 0.3) is 0 Å². The lowest BCUT2D eigenvalue weighted by atomic mass is 10.3. The zero-order valence-corrected chi connectivity index (χ0v) is 10.8. The van der Waals surface area contributed by atoms with Crippen molar-refractivity contribution in [2.75, 3.05) is 46.3 Å². The molecule has 0 saturated carbocycles. The Kier molecular flexibility index (Phi) is 4.47. The van der Waals surface area contributed by atoms with Crippen LogP contribution >= 0.6 is 0 Å². The molecule has 17 heavy (non-hydrogen) atoms. The molecular weight excluding hydrogens is 216 g/mol. The number of nitrogens with zero attached hydrogens (tertiary/aromatic N) is 5. The highest BCUT2D eigenvalue weighted by atomic mass is 15.4. The lowest BCUT2D eigenvalue weighted by molar-refractivity contribution is 0.154. The van der Waals surface area contributed by atoms with Gasteiger partial charge in [0.15, 0.2) is 0 Å². The maximum atomic E-state index is 3.90. The van der Waals surface area contributed by atoms with Crippen molar-refractivity contribution in [1.82, 2.24) is 30.1 Å². The van der Waals surface area contributed by atoms with E-state index in [9.17, 15) is 0 Å². The van der Waals surface area contributed by atoms with Crippen molar-refractivity contribution < 1.29 is 0 Å². The van der Waals surface area contributed by atoms with Crippen molar-refractivity contribution in [3.8, 4) is 0 Å². The van der Waals surface area contributed by atoms with Crippen LogP contribution in [-0.2, 0) is 13.6 Å². The molecule has 1 aliphatic rings. The average molecular weight is 238 g/mol. The van der Waals surface area contributed by atoms with E-state index in [0.717, 1.165) is 25.3 Å². The Morgan fingerprint density at radius 2 is 2.00 bits per heavy atom. The van der Waals surface area contributed by atoms with Gasteiger partial charge in [0.05, 0.1) is 11.9 Å². The zero-order chi connectivity index (χ0) is 12.1. The van der Waals surface area contributed by atoms with Gasteiger partial charge >= 0.3 is 0 Å². The van der Waals surface area contributed by atoms with E-state index in [0.29, 0.717) is 0 Å². The Balaban J connectivity index is 1.59. The summed E-state index contributed by atoms with van der Waals surface area (Å²) in [6.07, 6.45) is 1.81. The number of rotatable bonds is 5. The van der Waals surface area contributed by atoms with E-state index in [-0.39, 0.29) is 0 Å². The van der Waals surface area contributed by atoms with Crippen molar-refractivity contribution in [3.63, 3.8) is 0 Å². The number of aryl methyl sites for hydroxylation is 1. The second kappa shape index (κ2) is 6.09.